The highest BCUT2D eigenvalue weighted by Crippen LogP contribution is 2.27. The molecule has 1 heterocycles. The molecule has 0 unspecified atom stereocenters. The molecule has 0 aliphatic rings. The first kappa shape index (κ1) is 8.45. The minimum Gasteiger partial charge on any atom is -0.236 e. The molecule has 66 valence electrons. The van der Waals surface area contributed by atoms with E-state index in [0.717, 1.165) is 22.5 Å². The van der Waals surface area contributed by atoms with Gasteiger partial charge in [0.15, 0.2) is 0 Å². The first-order chi connectivity index (χ1) is 6.31. The Morgan fingerprint density at radius 1 is 1.46 bits per heavy atom. The summed E-state index contributed by atoms with van der Waals surface area (Å²) in [5.74, 6) is 0. The number of hydrogen-bond acceptors (Lipinski definition) is 2. The van der Waals surface area contributed by atoms with Crippen LogP contribution in [0.1, 0.15) is 18.4 Å². The van der Waals surface area contributed by atoms with Crippen molar-refractivity contribution in [3.63, 3.8) is 0 Å². The van der Waals surface area contributed by atoms with Crippen LogP contribution in [0.4, 0.5) is 0 Å². The number of rotatable bonds is 2. The van der Waals surface area contributed by atoms with Crippen molar-refractivity contribution >= 4 is 27.1 Å². The van der Waals surface area contributed by atoms with Gasteiger partial charge < -0.3 is 0 Å². The molecular weight excluding hydrogens is 178 g/mol. The van der Waals surface area contributed by atoms with Crippen molar-refractivity contribution in [3.8, 4) is 0 Å². The van der Waals surface area contributed by atoms with Gasteiger partial charge in [-0.3, -0.25) is 0 Å². The summed E-state index contributed by atoms with van der Waals surface area (Å²) < 4.78 is 1.24. The fourth-order valence-electron chi connectivity index (χ4n) is 1.17. The van der Waals surface area contributed by atoms with Crippen molar-refractivity contribution in [2.24, 2.45) is 0 Å². The van der Waals surface area contributed by atoms with E-state index < -0.39 is 0 Å². The molecule has 0 saturated heterocycles. The van der Waals surface area contributed by atoms with E-state index in [1.54, 1.807) is 11.3 Å². The van der Waals surface area contributed by atoms with E-state index in [9.17, 15) is 0 Å². The average Bonchev–Trinajstić information content (AvgIpc) is 2.59. The number of aromatic nitrogens is 1. The smallest absolute Gasteiger partial charge is 0.119 e. The molecule has 1 aromatic carbocycles. The number of benzene rings is 1. The predicted octanol–water partition coefficient (Wildman–Crippen LogP) is 3.72. The molecular formula is C11H11NS. The summed E-state index contributed by atoms with van der Waals surface area (Å²) in [5.41, 5.74) is 2.21. The Labute approximate surface area is 81.7 Å². The fourth-order valence-corrected chi connectivity index (χ4v) is 2.18. The van der Waals surface area contributed by atoms with Crippen LogP contribution in [0.2, 0.25) is 0 Å². The molecule has 0 N–H and O–H groups in total. The lowest BCUT2D eigenvalue weighted by molar-refractivity contribution is 1.23. The lowest BCUT2D eigenvalue weighted by Crippen LogP contribution is -1.76. The van der Waals surface area contributed by atoms with Crippen LogP contribution in [0.15, 0.2) is 30.8 Å². The quantitative estimate of drug-likeness (QED) is 0.701. The van der Waals surface area contributed by atoms with Crippen molar-refractivity contribution in [1.82, 2.24) is 4.98 Å². The second kappa shape index (κ2) is 3.30. The third kappa shape index (κ3) is 1.49. The summed E-state index contributed by atoms with van der Waals surface area (Å²) in [6.07, 6.45) is 0.972. The van der Waals surface area contributed by atoms with Crippen molar-refractivity contribution < 1.29 is 0 Å². The molecule has 0 bridgehead atoms. The van der Waals surface area contributed by atoms with Gasteiger partial charge in [-0.15, -0.1) is 11.3 Å². The molecule has 0 spiro atoms. The minimum absolute atomic E-state index is 0.972. The topological polar surface area (TPSA) is 12.9 Å². The van der Waals surface area contributed by atoms with Gasteiger partial charge in [0.25, 0.3) is 0 Å². The van der Waals surface area contributed by atoms with E-state index in [1.807, 2.05) is 18.2 Å². The Balaban J connectivity index is 2.56. The molecule has 0 amide bonds. The highest BCUT2D eigenvalue weighted by atomic mass is 32.1. The van der Waals surface area contributed by atoms with Gasteiger partial charge in [0.1, 0.15) is 5.01 Å². The van der Waals surface area contributed by atoms with E-state index >= 15 is 0 Å². The third-order valence-electron chi connectivity index (χ3n) is 2.02. The molecule has 1 nitrogen and oxygen atoms in total. The molecule has 0 saturated carbocycles. The molecule has 0 aliphatic heterocycles. The van der Waals surface area contributed by atoms with E-state index in [-0.39, 0.29) is 0 Å². The number of thiazole rings is 1. The zero-order valence-electron chi connectivity index (χ0n) is 7.58. The van der Waals surface area contributed by atoms with Gasteiger partial charge in [-0.05, 0) is 24.1 Å². The molecule has 0 aliphatic carbocycles. The summed E-state index contributed by atoms with van der Waals surface area (Å²) >= 11 is 1.72. The van der Waals surface area contributed by atoms with Gasteiger partial charge in [0.05, 0.1) is 10.2 Å². The molecule has 2 heteroatoms. The van der Waals surface area contributed by atoms with Crippen LogP contribution in [-0.4, -0.2) is 4.98 Å². The average molecular weight is 189 g/mol. The fraction of sp³-hybridized carbons (Fsp3) is 0.182. The lowest BCUT2D eigenvalue weighted by atomic mass is 10.2. The number of hydrogen-bond donors (Lipinski definition) is 0. The molecule has 2 rings (SSSR count). The Kier molecular flexibility index (Phi) is 2.15. The molecule has 0 fully saturated rings. The van der Waals surface area contributed by atoms with Crippen LogP contribution in [0.3, 0.4) is 0 Å². The first-order valence-corrected chi connectivity index (χ1v) is 5.16. The Hall–Kier alpha value is -1.15. The standard InChI is InChI=1S/C11H11NS/c1-3-8(2)11-12-9-6-4-5-7-10(9)13-11/h4-7H,2-3H2,1H3. The Bertz CT molecular complexity index is 409. The van der Waals surface area contributed by atoms with Crippen molar-refractivity contribution in [1.29, 1.82) is 0 Å². The monoisotopic (exact) mass is 189 g/mol. The van der Waals surface area contributed by atoms with Gasteiger partial charge in [-0.25, -0.2) is 4.98 Å². The summed E-state index contributed by atoms with van der Waals surface area (Å²) in [5, 5.41) is 1.07. The number of allylic oxidation sites excluding steroid dienone is 1. The van der Waals surface area contributed by atoms with Gasteiger partial charge in [-0.2, -0.15) is 0 Å². The molecule has 0 atom stereocenters. The van der Waals surface area contributed by atoms with Gasteiger partial charge in [0.2, 0.25) is 0 Å². The Morgan fingerprint density at radius 3 is 2.92 bits per heavy atom. The molecule has 0 radical (unpaired) electrons. The maximum Gasteiger partial charge on any atom is 0.119 e. The van der Waals surface area contributed by atoms with Crippen molar-refractivity contribution in [2.45, 2.75) is 13.3 Å². The van der Waals surface area contributed by atoms with Crippen LogP contribution < -0.4 is 0 Å². The zero-order chi connectivity index (χ0) is 9.26. The maximum absolute atomic E-state index is 4.50. The molecule has 2 aromatic rings. The lowest BCUT2D eigenvalue weighted by Gasteiger charge is -1.92. The molecule has 13 heavy (non-hydrogen) atoms. The van der Waals surface area contributed by atoms with Crippen LogP contribution >= 0.6 is 11.3 Å². The van der Waals surface area contributed by atoms with Gasteiger partial charge in [0, 0.05) is 0 Å². The third-order valence-corrected chi connectivity index (χ3v) is 3.16. The van der Waals surface area contributed by atoms with Gasteiger partial charge >= 0.3 is 0 Å². The van der Waals surface area contributed by atoms with E-state index in [0.29, 0.717) is 0 Å². The highest BCUT2D eigenvalue weighted by molar-refractivity contribution is 7.19. The van der Waals surface area contributed by atoms with E-state index in [1.165, 1.54) is 4.70 Å². The van der Waals surface area contributed by atoms with Gasteiger partial charge in [-0.1, -0.05) is 25.6 Å². The number of fused-ring (bicyclic) bond motifs is 1. The van der Waals surface area contributed by atoms with E-state index in [2.05, 4.69) is 24.6 Å². The maximum atomic E-state index is 4.50. The van der Waals surface area contributed by atoms with Crippen molar-refractivity contribution in [3.05, 3.63) is 35.9 Å². The summed E-state index contributed by atoms with van der Waals surface area (Å²) in [6, 6.07) is 8.19. The first-order valence-electron chi connectivity index (χ1n) is 4.35. The van der Waals surface area contributed by atoms with Crippen LogP contribution in [0, 0.1) is 0 Å². The Morgan fingerprint density at radius 2 is 2.23 bits per heavy atom. The van der Waals surface area contributed by atoms with Crippen LogP contribution in [0.25, 0.3) is 15.8 Å². The number of nitrogens with zero attached hydrogens (tertiary/aromatic N) is 1. The van der Waals surface area contributed by atoms with E-state index in [4.69, 9.17) is 0 Å². The zero-order valence-corrected chi connectivity index (χ0v) is 8.40. The van der Waals surface area contributed by atoms with Crippen molar-refractivity contribution in [2.75, 3.05) is 0 Å². The summed E-state index contributed by atoms with van der Waals surface area (Å²) in [4.78, 5) is 4.50. The second-order valence-electron chi connectivity index (χ2n) is 2.94. The van der Waals surface area contributed by atoms with Crippen LogP contribution in [0.5, 0.6) is 0 Å². The predicted molar refractivity (Wildman–Crippen MR) is 58.9 cm³/mol. The largest absolute Gasteiger partial charge is 0.236 e. The summed E-state index contributed by atoms with van der Waals surface area (Å²) in [7, 11) is 0. The minimum atomic E-state index is 0.972. The molecule has 1 aromatic heterocycles. The SMILES string of the molecule is C=C(CC)c1nc2ccccc2s1. The highest BCUT2D eigenvalue weighted by Gasteiger charge is 2.03. The number of para-hydroxylation sites is 1. The summed E-state index contributed by atoms with van der Waals surface area (Å²) in [6.45, 7) is 6.09. The van der Waals surface area contributed by atoms with Crippen LogP contribution in [-0.2, 0) is 0 Å². The second-order valence-corrected chi connectivity index (χ2v) is 3.97. The normalized spacial score (nSPS) is 10.5.